The van der Waals surface area contributed by atoms with Crippen LogP contribution in [-0.2, 0) is 19.7 Å². The van der Waals surface area contributed by atoms with Crippen molar-refractivity contribution in [2.45, 2.75) is 84.3 Å². The molecule has 2 aliphatic carbocycles. The summed E-state index contributed by atoms with van der Waals surface area (Å²) in [6, 6.07) is 3.76. The van der Waals surface area contributed by atoms with Crippen molar-refractivity contribution in [1.82, 2.24) is 0 Å². The van der Waals surface area contributed by atoms with E-state index in [1.807, 2.05) is 32.9 Å². The van der Waals surface area contributed by atoms with Crippen LogP contribution in [-0.4, -0.2) is 34.9 Å². The molecule has 0 aromatic heterocycles. The Hall–Kier alpha value is -1.92. The van der Waals surface area contributed by atoms with Crippen LogP contribution in [0.4, 0.5) is 0 Å². The number of rotatable bonds is 4. The summed E-state index contributed by atoms with van der Waals surface area (Å²) in [6.45, 7) is 11.1. The third kappa shape index (κ3) is 3.76. The van der Waals surface area contributed by atoms with Gasteiger partial charge in [0.1, 0.15) is 11.9 Å². The van der Waals surface area contributed by atoms with E-state index >= 15 is 0 Å². The highest BCUT2D eigenvalue weighted by molar-refractivity contribution is 5.70. The van der Waals surface area contributed by atoms with Gasteiger partial charge < -0.3 is 19.7 Å². The zero-order chi connectivity index (χ0) is 22.4. The predicted molar refractivity (Wildman–Crippen MR) is 112 cm³/mol. The molecule has 6 nitrogen and oxygen atoms in total. The lowest BCUT2D eigenvalue weighted by Gasteiger charge is -2.57. The summed E-state index contributed by atoms with van der Waals surface area (Å²) < 4.78 is 10.9. The number of aliphatic hydroxyl groups is 2. The molecule has 3 rings (SSSR count). The van der Waals surface area contributed by atoms with Crippen molar-refractivity contribution in [2.75, 3.05) is 6.61 Å². The Kier molecular flexibility index (Phi) is 6.04. The normalized spacial score (nSPS) is 32.9. The SMILES string of the molecule is CC(=O)OC[C@]1(C)CCC[C@]2(C)c3cc(OC(C)=O)c(C(C)C)cc3[C@@H](O)[C@H](O)C12. The van der Waals surface area contributed by atoms with E-state index in [2.05, 4.69) is 6.92 Å². The third-order valence-corrected chi connectivity index (χ3v) is 7.14. The van der Waals surface area contributed by atoms with Gasteiger partial charge in [-0.15, -0.1) is 0 Å². The van der Waals surface area contributed by atoms with E-state index in [-0.39, 0.29) is 24.4 Å². The lowest BCUT2D eigenvalue weighted by Crippen LogP contribution is -2.58. The van der Waals surface area contributed by atoms with Gasteiger partial charge in [0.15, 0.2) is 0 Å². The predicted octanol–water partition coefficient (Wildman–Crippen LogP) is 3.77. The van der Waals surface area contributed by atoms with Crippen molar-refractivity contribution in [2.24, 2.45) is 11.3 Å². The number of fused-ring (bicyclic) bond motifs is 3. The van der Waals surface area contributed by atoms with Crippen molar-refractivity contribution < 1.29 is 29.3 Å². The minimum atomic E-state index is -1.06. The molecule has 0 heterocycles. The number of carbonyl (C=O) groups excluding carboxylic acids is 2. The van der Waals surface area contributed by atoms with Crippen LogP contribution in [0.5, 0.6) is 5.75 Å². The van der Waals surface area contributed by atoms with E-state index in [0.717, 1.165) is 30.4 Å². The smallest absolute Gasteiger partial charge is 0.308 e. The first-order valence-electron chi connectivity index (χ1n) is 10.8. The zero-order valence-electron chi connectivity index (χ0n) is 18.8. The quantitative estimate of drug-likeness (QED) is 0.571. The average molecular weight is 419 g/mol. The largest absolute Gasteiger partial charge is 0.465 e. The standard InChI is InChI=1S/C24H34O6/c1-13(2)16-10-17-18(11-19(16)30-15(4)26)24(6)9-7-8-23(5,12-29-14(3)25)22(24)21(28)20(17)27/h10-11,13,20-22,27-28H,7-9,12H2,1-6H3/t20-,21+,22?,23+,24-/m1/s1. The Balaban J connectivity index is 2.17. The molecular weight excluding hydrogens is 384 g/mol. The average Bonchev–Trinajstić information content (AvgIpc) is 2.63. The van der Waals surface area contributed by atoms with Gasteiger partial charge in [-0.3, -0.25) is 9.59 Å². The van der Waals surface area contributed by atoms with Crippen LogP contribution in [0, 0.1) is 11.3 Å². The van der Waals surface area contributed by atoms with E-state index < -0.39 is 29.0 Å². The first-order valence-corrected chi connectivity index (χ1v) is 10.8. The Morgan fingerprint density at radius 3 is 2.37 bits per heavy atom. The number of esters is 2. The minimum Gasteiger partial charge on any atom is -0.465 e. The Bertz CT molecular complexity index is 846. The number of ether oxygens (including phenoxy) is 2. The summed E-state index contributed by atoms with van der Waals surface area (Å²) in [4.78, 5) is 23.2. The van der Waals surface area contributed by atoms with Gasteiger partial charge >= 0.3 is 11.9 Å². The van der Waals surface area contributed by atoms with Gasteiger partial charge in [-0.2, -0.15) is 0 Å². The second kappa shape index (κ2) is 7.97. The van der Waals surface area contributed by atoms with Crippen LogP contribution in [0.1, 0.15) is 89.5 Å². The number of aliphatic hydroxyl groups excluding tert-OH is 2. The van der Waals surface area contributed by atoms with Gasteiger partial charge in [0.2, 0.25) is 0 Å². The Morgan fingerprint density at radius 1 is 1.13 bits per heavy atom. The summed E-state index contributed by atoms with van der Waals surface area (Å²) in [5.74, 6) is -0.463. The lowest BCUT2D eigenvalue weighted by atomic mass is 9.48. The zero-order valence-corrected chi connectivity index (χ0v) is 18.8. The maximum absolute atomic E-state index is 11.7. The van der Waals surface area contributed by atoms with Crippen LogP contribution in [0.25, 0.3) is 0 Å². The second-order valence-electron chi connectivity index (χ2n) is 9.84. The molecule has 0 spiro atoms. The van der Waals surface area contributed by atoms with E-state index in [0.29, 0.717) is 11.3 Å². The highest BCUT2D eigenvalue weighted by atomic mass is 16.5. The van der Waals surface area contributed by atoms with Crippen LogP contribution < -0.4 is 4.74 Å². The molecule has 1 aromatic carbocycles. The molecule has 166 valence electrons. The van der Waals surface area contributed by atoms with Crippen LogP contribution in [0.3, 0.4) is 0 Å². The monoisotopic (exact) mass is 418 g/mol. The van der Waals surface area contributed by atoms with Crippen LogP contribution in [0.2, 0.25) is 0 Å². The molecule has 0 aliphatic heterocycles. The molecule has 0 saturated heterocycles. The molecular formula is C24H34O6. The summed E-state index contributed by atoms with van der Waals surface area (Å²) in [5.41, 5.74) is 1.49. The fourth-order valence-electron chi connectivity index (χ4n) is 5.87. The molecule has 2 N–H and O–H groups in total. The van der Waals surface area contributed by atoms with Gasteiger partial charge in [-0.1, -0.05) is 34.1 Å². The first-order chi connectivity index (χ1) is 13.9. The molecule has 0 radical (unpaired) electrons. The van der Waals surface area contributed by atoms with Crippen molar-refractivity contribution in [1.29, 1.82) is 0 Å². The molecule has 0 bridgehead atoms. The topological polar surface area (TPSA) is 93.1 Å². The Morgan fingerprint density at radius 2 is 1.80 bits per heavy atom. The fraction of sp³-hybridized carbons (Fsp3) is 0.667. The van der Waals surface area contributed by atoms with Crippen molar-refractivity contribution in [3.05, 3.63) is 28.8 Å². The fourth-order valence-corrected chi connectivity index (χ4v) is 5.87. The maximum Gasteiger partial charge on any atom is 0.308 e. The molecule has 0 amide bonds. The molecule has 1 fully saturated rings. The van der Waals surface area contributed by atoms with Crippen LogP contribution in [0.15, 0.2) is 12.1 Å². The second-order valence-corrected chi connectivity index (χ2v) is 9.84. The molecule has 2 aliphatic rings. The summed E-state index contributed by atoms with van der Waals surface area (Å²) in [7, 11) is 0. The summed E-state index contributed by atoms with van der Waals surface area (Å²) in [5, 5.41) is 22.4. The van der Waals surface area contributed by atoms with E-state index in [1.54, 1.807) is 0 Å². The van der Waals surface area contributed by atoms with Gasteiger partial charge in [-0.05, 0) is 53.0 Å². The van der Waals surface area contributed by atoms with E-state index in [1.165, 1.54) is 13.8 Å². The van der Waals surface area contributed by atoms with Crippen molar-refractivity contribution >= 4 is 11.9 Å². The highest BCUT2D eigenvalue weighted by Crippen LogP contribution is 2.60. The van der Waals surface area contributed by atoms with E-state index in [4.69, 9.17) is 9.47 Å². The number of hydrogen-bond acceptors (Lipinski definition) is 6. The van der Waals surface area contributed by atoms with Crippen LogP contribution >= 0.6 is 0 Å². The number of hydrogen-bond donors (Lipinski definition) is 2. The Labute approximate surface area is 178 Å². The number of benzene rings is 1. The maximum atomic E-state index is 11.7. The number of carbonyl (C=O) groups is 2. The van der Waals surface area contributed by atoms with Gasteiger partial charge in [-0.25, -0.2) is 0 Å². The van der Waals surface area contributed by atoms with Crippen molar-refractivity contribution in [3.8, 4) is 5.75 Å². The molecule has 5 atom stereocenters. The summed E-state index contributed by atoms with van der Waals surface area (Å²) in [6.07, 6.45) is 0.479. The van der Waals surface area contributed by atoms with E-state index in [9.17, 15) is 19.8 Å². The summed E-state index contributed by atoms with van der Waals surface area (Å²) >= 11 is 0. The molecule has 1 saturated carbocycles. The third-order valence-electron chi connectivity index (χ3n) is 7.14. The van der Waals surface area contributed by atoms with Gasteiger partial charge in [0.25, 0.3) is 0 Å². The first kappa shape index (κ1) is 22.8. The van der Waals surface area contributed by atoms with Gasteiger partial charge in [0.05, 0.1) is 12.7 Å². The highest BCUT2D eigenvalue weighted by Gasteiger charge is 2.58. The minimum absolute atomic E-state index is 0.0834. The molecule has 6 heteroatoms. The molecule has 1 aromatic rings. The lowest BCUT2D eigenvalue weighted by molar-refractivity contribution is -0.160. The van der Waals surface area contributed by atoms with Gasteiger partial charge in [0, 0.05) is 25.2 Å². The molecule has 30 heavy (non-hydrogen) atoms. The van der Waals surface area contributed by atoms with Crippen molar-refractivity contribution in [3.63, 3.8) is 0 Å². The molecule has 1 unspecified atom stereocenters.